The van der Waals surface area contributed by atoms with Crippen molar-refractivity contribution in [3.8, 4) is 0 Å². The van der Waals surface area contributed by atoms with Crippen molar-refractivity contribution < 1.29 is 5.11 Å². The molecule has 1 saturated heterocycles. The van der Waals surface area contributed by atoms with Gasteiger partial charge in [-0.15, -0.1) is 0 Å². The number of anilines is 1. The molecule has 1 aromatic heterocycles. The van der Waals surface area contributed by atoms with Gasteiger partial charge in [0, 0.05) is 36.7 Å². The van der Waals surface area contributed by atoms with Crippen LogP contribution in [-0.2, 0) is 0 Å². The number of piperazine rings is 1. The fraction of sp³-hybridized carbons (Fsp3) is 0.643. The number of hydrogen-bond acceptors (Lipinski definition) is 4. The van der Waals surface area contributed by atoms with Gasteiger partial charge in [0.05, 0.1) is 11.8 Å². The van der Waals surface area contributed by atoms with Gasteiger partial charge in [0.15, 0.2) is 0 Å². The number of aliphatic hydroxyl groups is 1. The van der Waals surface area contributed by atoms with Crippen molar-refractivity contribution in [2.45, 2.75) is 32.9 Å². The van der Waals surface area contributed by atoms with E-state index >= 15 is 0 Å². The number of aliphatic hydroxyl groups excluding tert-OH is 1. The molecule has 0 unspecified atom stereocenters. The number of nitrogens with zero attached hydrogens (tertiary/aromatic N) is 3. The topological polar surface area (TPSA) is 39.6 Å². The molecule has 0 spiro atoms. The number of halogens is 1. The first kappa shape index (κ1) is 14.8. The van der Waals surface area contributed by atoms with E-state index in [9.17, 15) is 5.11 Å². The minimum Gasteiger partial charge on any atom is -0.392 e. The maximum absolute atomic E-state index is 9.47. The summed E-state index contributed by atoms with van der Waals surface area (Å²) in [7, 11) is 0. The van der Waals surface area contributed by atoms with Gasteiger partial charge in [-0.05, 0) is 48.8 Å². The molecule has 2 heterocycles. The van der Waals surface area contributed by atoms with E-state index in [1.165, 1.54) is 0 Å². The van der Waals surface area contributed by atoms with E-state index < -0.39 is 0 Å². The van der Waals surface area contributed by atoms with Crippen LogP contribution in [0.15, 0.2) is 16.6 Å². The van der Waals surface area contributed by atoms with Crippen LogP contribution in [0.4, 0.5) is 5.82 Å². The Balaban J connectivity index is 2.05. The van der Waals surface area contributed by atoms with Crippen LogP contribution in [0.3, 0.4) is 0 Å². The highest BCUT2D eigenvalue weighted by molar-refractivity contribution is 9.10. The van der Waals surface area contributed by atoms with Crippen LogP contribution < -0.4 is 4.90 Å². The Bertz CT molecular complexity index is 439. The second kappa shape index (κ2) is 6.20. The number of aryl methyl sites for hydroxylation is 1. The third kappa shape index (κ3) is 3.68. The Labute approximate surface area is 123 Å². The van der Waals surface area contributed by atoms with E-state index in [0.29, 0.717) is 6.04 Å². The number of β-amino-alcohol motifs (C(OH)–C–C–N with tert-alkyl or cyclic N) is 1. The molecule has 1 aromatic rings. The maximum Gasteiger partial charge on any atom is 0.129 e. The van der Waals surface area contributed by atoms with Crippen molar-refractivity contribution >= 4 is 21.7 Å². The van der Waals surface area contributed by atoms with Crippen LogP contribution in [0.1, 0.15) is 19.5 Å². The first-order valence-electron chi connectivity index (χ1n) is 6.77. The fourth-order valence-electron chi connectivity index (χ4n) is 2.60. The van der Waals surface area contributed by atoms with E-state index in [2.05, 4.69) is 49.8 Å². The number of rotatable bonds is 3. The average molecular weight is 328 g/mol. The Kier molecular flexibility index (Phi) is 4.81. The Morgan fingerprint density at radius 3 is 2.79 bits per heavy atom. The summed E-state index contributed by atoms with van der Waals surface area (Å²) < 4.78 is 1.05. The predicted octanol–water partition coefficient (Wildman–Crippen LogP) is 2.04. The molecule has 1 aliphatic rings. The van der Waals surface area contributed by atoms with Gasteiger partial charge in [-0.1, -0.05) is 0 Å². The zero-order valence-electron chi connectivity index (χ0n) is 11.8. The Morgan fingerprint density at radius 1 is 1.47 bits per heavy atom. The monoisotopic (exact) mass is 327 g/mol. The highest BCUT2D eigenvalue weighted by Gasteiger charge is 2.25. The highest BCUT2D eigenvalue weighted by atomic mass is 79.9. The quantitative estimate of drug-likeness (QED) is 0.922. The van der Waals surface area contributed by atoms with Crippen molar-refractivity contribution in [1.29, 1.82) is 0 Å². The molecule has 0 radical (unpaired) electrons. The summed E-state index contributed by atoms with van der Waals surface area (Å²) in [4.78, 5) is 9.31. The zero-order valence-corrected chi connectivity index (χ0v) is 13.4. The van der Waals surface area contributed by atoms with Crippen molar-refractivity contribution in [2.75, 3.05) is 31.1 Å². The van der Waals surface area contributed by atoms with Gasteiger partial charge in [-0.2, -0.15) is 0 Å². The zero-order chi connectivity index (χ0) is 14.0. The molecule has 0 bridgehead atoms. The minimum atomic E-state index is -0.258. The van der Waals surface area contributed by atoms with Crippen LogP contribution in [-0.4, -0.2) is 53.3 Å². The van der Waals surface area contributed by atoms with Gasteiger partial charge in [-0.25, -0.2) is 4.98 Å². The van der Waals surface area contributed by atoms with Crippen LogP contribution in [0, 0.1) is 6.92 Å². The summed E-state index contributed by atoms with van der Waals surface area (Å²) in [6.07, 6.45) is -0.258. The van der Waals surface area contributed by atoms with Crippen molar-refractivity contribution in [3.63, 3.8) is 0 Å². The molecule has 0 aromatic carbocycles. The molecule has 2 rings (SSSR count). The van der Waals surface area contributed by atoms with Gasteiger partial charge < -0.3 is 10.0 Å². The van der Waals surface area contributed by atoms with Gasteiger partial charge in [0.25, 0.3) is 0 Å². The summed E-state index contributed by atoms with van der Waals surface area (Å²) in [5, 5.41) is 9.47. The molecule has 5 heteroatoms. The summed E-state index contributed by atoms with van der Waals surface area (Å²) in [5.74, 6) is 1.05. The molecular weight excluding hydrogens is 306 g/mol. The second-order valence-corrected chi connectivity index (χ2v) is 6.24. The largest absolute Gasteiger partial charge is 0.392 e. The van der Waals surface area contributed by atoms with E-state index in [0.717, 1.165) is 42.2 Å². The second-order valence-electron chi connectivity index (χ2n) is 5.39. The van der Waals surface area contributed by atoms with Crippen molar-refractivity contribution in [3.05, 3.63) is 22.3 Å². The number of pyridine rings is 1. The molecule has 1 N–H and O–H groups in total. The standard InChI is InChI=1S/C14H22BrN3O/c1-10-8-17(9-11(2)19)6-7-18(10)14-5-4-13(15)12(3)16-14/h4-5,10-11,19H,6-9H2,1-3H3/t10-,11-/m0/s1. The van der Waals surface area contributed by atoms with E-state index in [4.69, 9.17) is 0 Å². The van der Waals surface area contributed by atoms with Gasteiger partial charge >= 0.3 is 0 Å². The van der Waals surface area contributed by atoms with Crippen molar-refractivity contribution in [1.82, 2.24) is 9.88 Å². The molecule has 0 amide bonds. The molecule has 106 valence electrons. The molecule has 19 heavy (non-hydrogen) atoms. The lowest BCUT2D eigenvalue weighted by molar-refractivity contribution is 0.114. The SMILES string of the molecule is Cc1nc(N2CCN(C[C@H](C)O)C[C@@H]2C)ccc1Br. The third-order valence-electron chi connectivity index (χ3n) is 3.53. The lowest BCUT2D eigenvalue weighted by atomic mass is 10.1. The maximum atomic E-state index is 9.47. The molecule has 0 aliphatic carbocycles. The van der Waals surface area contributed by atoms with E-state index in [1.54, 1.807) is 0 Å². The van der Waals surface area contributed by atoms with Crippen LogP contribution in [0.5, 0.6) is 0 Å². The van der Waals surface area contributed by atoms with Gasteiger partial charge in [0.2, 0.25) is 0 Å². The first-order chi connectivity index (χ1) is 8.97. The minimum absolute atomic E-state index is 0.258. The van der Waals surface area contributed by atoms with Crippen LogP contribution in [0.2, 0.25) is 0 Å². The van der Waals surface area contributed by atoms with Gasteiger partial charge in [-0.3, -0.25) is 4.90 Å². The van der Waals surface area contributed by atoms with Crippen LogP contribution in [0.25, 0.3) is 0 Å². The molecule has 0 saturated carbocycles. The Hall–Kier alpha value is -0.650. The van der Waals surface area contributed by atoms with E-state index in [-0.39, 0.29) is 6.10 Å². The first-order valence-corrected chi connectivity index (χ1v) is 7.57. The summed E-state index contributed by atoms with van der Waals surface area (Å²) in [6.45, 7) is 9.74. The summed E-state index contributed by atoms with van der Waals surface area (Å²) in [5.41, 5.74) is 1.02. The number of hydrogen-bond donors (Lipinski definition) is 1. The number of aromatic nitrogens is 1. The Morgan fingerprint density at radius 2 is 2.21 bits per heavy atom. The predicted molar refractivity (Wildman–Crippen MR) is 81.6 cm³/mol. The molecule has 1 aliphatic heterocycles. The summed E-state index contributed by atoms with van der Waals surface area (Å²) in [6, 6.07) is 4.55. The van der Waals surface area contributed by atoms with Gasteiger partial charge in [0.1, 0.15) is 5.82 Å². The smallest absolute Gasteiger partial charge is 0.129 e. The normalized spacial score (nSPS) is 22.6. The molecular formula is C14H22BrN3O. The lowest BCUT2D eigenvalue weighted by Crippen LogP contribution is -2.53. The van der Waals surface area contributed by atoms with Crippen molar-refractivity contribution in [2.24, 2.45) is 0 Å². The average Bonchev–Trinajstić information content (AvgIpc) is 2.32. The molecule has 4 nitrogen and oxygen atoms in total. The molecule has 1 fully saturated rings. The lowest BCUT2D eigenvalue weighted by Gasteiger charge is -2.41. The highest BCUT2D eigenvalue weighted by Crippen LogP contribution is 2.22. The molecule has 2 atom stereocenters. The van der Waals surface area contributed by atoms with E-state index in [1.807, 2.05) is 13.8 Å². The summed E-state index contributed by atoms with van der Waals surface area (Å²) >= 11 is 3.49. The van der Waals surface area contributed by atoms with Crippen LogP contribution >= 0.6 is 15.9 Å². The third-order valence-corrected chi connectivity index (χ3v) is 4.37. The fourth-order valence-corrected chi connectivity index (χ4v) is 2.82.